The van der Waals surface area contributed by atoms with Gasteiger partial charge in [0.05, 0.1) is 49.1 Å². The summed E-state index contributed by atoms with van der Waals surface area (Å²) in [6.45, 7) is 5.04. The Balaban J connectivity index is 1.05. The molecule has 13 nitrogen and oxygen atoms in total. The number of carbonyl (C=O) groups excluding carboxylic acids is 3. The minimum absolute atomic E-state index is 0.000887. The average molecular weight is 752 g/mol. The molecule has 0 aliphatic carbocycles. The second kappa shape index (κ2) is 18.1. The molecule has 2 saturated heterocycles. The van der Waals surface area contributed by atoms with Crippen molar-refractivity contribution in [3.63, 3.8) is 0 Å². The number of fused-ring (bicyclic) bond motifs is 4. The fraction of sp³-hybridized carbons (Fsp3) is 0.500. The van der Waals surface area contributed by atoms with Gasteiger partial charge in [0.25, 0.3) is 0 Å². The molecular weight excluding hydrogens is 699 g/mol. The SMILES string of the molecule is COC(=O)N[C@H]1CCCCCOCC[C@@H](c2ncc(-c3ccc(-c4ccc(-c5nc6[nH]c5COCCCC[C@H](C)C(=O)N5CCC[C@@H]65)cc4)cc3)[nH]2)NC1=O. The van der Waals surface area contributed by atoms with E-state index in [0.29, 0.717) is 45.1 Å². The molecule has 4 atom stereocenters. The molecule has 0 radical (unpaired) electrons. The molecule has 2 aromatic heterocycles. The van der Waals surface area contributed by atoms with Crippen molar-refractivity contribution < 1.29 is 28.6 Å². The van der Waals surface area contributed by atoms with Crippen LogP contribution in [0, 0.1) is 5.92 Å². The number of amides is 3. The molecule has 4 N–H and O–H groups in total. The third-order valence-electron chi connectivity index (χ3n) is 11.0. The summed E-state index contributed by atoms with van der Waals surface area (Å²) >= 11 is 0. The zero-order valence-electron chi connectivity index (χ0n) is 31.9. The second-order valence-corrected chi connectivity index (χ2v) is 14.9. The number of nitrogens with one attached hydrogen (secondary N) is 4. The van der Waals surface area contributed by atoms with Gasteiger partial charge in [-0.2, -0.15) is 0 Å². The fourth-order valence-electron chi connectivity index (χ4n) is 7.86. The van der Waals surface area contributed by atoms with Crippen LogP contribution >= 0.6 is 0 Å². The van der Waals surface area contributed by atoms with Crippen molar-refractivity contribution in [1.82, 2.24) is 35.5 Å². The summed E-state index contributed by atoms with van der Waals surface area (Å²) in [6.07, 6.45) is 9.45. The monoisotopic (exact) mass is 751 g/mol. The van der Waals surface area contributed by atoms with Crippen LogP contribution in [0.1, 0.15) is 101 Å². The molecular formula is C42H53N7O6. The van der Waals surface area contributed by atoms with Crippen molar-refractivity contribution in [2.24, 2.45) is 5.92 Å². The normalized spacial score (nSPS) is 23.2. The molecule has 3 aliphatic rings. The molecule has 4 aromatic rings. The van der Waals surface area contributed by atoms with E-state index >= 15 is 0 Å². The number of methoxy groups -OCH3 is 1. The summed E-state index contributed by atoms with van der Waals surface area (Å²) in [4.78, 5) is 57.4. The van der Waals surface area contributed by atoms with Gasteiger partial charge in [-0.1, -0.05) is 74.7 Å². The molecule has 292 valence electrons. The number of nitrogens with zero attached hydrogens (tertiary/aromatic N) is 3. The van der Waals surface area contributed by atoms with Crippen molar-refractivity contribution in [2.45, 2.75) is 95.9 Å². The van der Waals surface area contributed by atoms with Crippen molar-refractivity contribution in [3.8, 4) is 33.6 Å². The van der Waals surface area contributed by atoms with E-state index in [9.17, 15) is 14.4 Å². The lowest BCUT2D eigenvalue weighted by molar-refractivity contribution is -0.136. The van der Waals surface area contributed by atoms with Gasteiger partial charge in [-0.25, -0.2) is 14.8 Å². The standard InChI is InChI=1S/C42H53N7O6/c1-27-9-5-7-23-55-26-35-37(48-39(45-35)36-11-8-21-49(36)41(27)51)31-18-14-29(15-19-31)28-12-16-30(17-13-28)34-25-43-38(44-34)32-20-24-54-22-6-3-4-10-33(40(50)46-32)47-42(52)53-2/h12-19,25,27,32-33,36H,3-11,20-24,26H2,1-2H3,(H,43,44)(H,45,48)(H,46,50)(H,47,52)/t27-,32-,33-,36-/m0/s1. The zero-order valence-corrected chi connectivity index (χ0v) is 31.9. The van der Waals surface area contributed by atoms with E-state index in [4.69, 9.17) is 19.2 Å². The molecule has 2 aromatic carbocycles. The van der Waals surface area contributed by atoms with Crippen LogP contribution in [0.5, 0.6) is 0 Å². The highest BCUT2D eigenvalue weighted by atomic mass is 16.5. The maximum absolute atomic E-state index is 13.4. The third-order valence-corrected chi connectivity index (χ3v) is 11.0. The Morgan fingerprint density at radius 2 is 1.51 bits per heavy atom. The first-order valence-electron chi connectivity index (χ1n) is 19.8. The average Bonchev–Trinajstić information content (AvgIpc) is 3.99. The number of ether oxygens (including phenoxy) is 3. The van der Waals surface area contributed by atoms with Gasteiger partial charge in [-0.3, -0.25) is 9.59 Å². The number of aromatic nitrogens is 4. The van der Waals surface area contributed by atoms with Crippen molar-refractivity contribution in [2.75, 3.05) is 33.5 Å². The molecule has 5 heterocycles. The lowest BCUT2D eigenvalue weighted by Crippen LogP contribution is -2.48. The van der Waals surface area contributed by atoms with Gasteiger partial charge in [0.15, 0.2) is 0 Å². The number of hydrogen-bond donors (Lipinski definition) is 4. The maximum atomic E-state index is 13.4. The molecule has 3 amide bonds. The molecule has 55 heavy (non-hydrogen) atoms. The first-order chi connectivity index (χ1) is 26.9. The van der Waals surface area contributed by atoms with Crippen molar-refractivity contribution >= 4 is 17.9 Å². The number of benzene rings is 2. The highest BCUT2D eigenvalue weighted by Crippen LogP contribution is 2.36. The smallest absolute Gasteiger partial charge is 0.407 e. The molecule has 0 saturated carbocycles. The quantitative estimate of drug-likeness (QED) is 0.170. The molecule has 7 rings (SSSR count). The Kier molecular flexibility index (Phi) is 12.6. The summed E-state index contributed by atoms with van der Waals surface area (Å²) < 4.78 is 16.7. The number of hydrogen-bond acceptors (Lipinski definition) is 8. The molecule has 3 aliphatic heterocycles. The predicted octanol–water partition coefficient (Wildman–Crippen LogP) is 7.00. The third kappa shape index (κ3) is 9.28. The van der Waals surface area contributed by atoms with Gasteiger partial charge in [0, 0.05) is 37.8 Å². The highest BCUT2D eigenvalue weighted by Gasteiger charge is 2.35. The molecule has 2 fully saturated rings. The summed E-state index contributed by atoms with van der Waals surface area (Å²) in [7, 11) is 1.29. The zero-order chi connectivity index (χ0) is 38.1. The first kappa shape index (κ1) is 38.3. The van der Waals surface area contributed by atoms with Gasteiger partial charge >= 0.3 is 6.09 Å². The maximum Gasteiger partial charge on any atom is 0.407 e. The predicted molar refractivity (Wildman–Crippen MR) is 208 cm³/mol. The summed E-state index contributed by atoms with van der Waals surface area (Å²) in [5, 5.41) is 5.75. The fourth-order valence-corrected chi connectivity index (χ4v) is 7.86. The molecule has 0 unspecified atom stereocenters. The van der Waals surface area contributed by atoms with E-state index in [1.165, 1.54) is 7.11 Å². The largest absolute Gasteiger partial charge is 0.453 e. The van der Waals surface area contributed by atoms with E-state index in [2.05, 4.69) is 74.1 Å². The van der Waals surface area contributed by atoms with Gasteiger partial charge in [-0.15, -0.1) is 0 Å². The van der Waals surface area contributed by atoms with Crippen LogP contribution < -0.4 is 10.6 Å². The van der Waals surface area contributed by atoms with Crippen molar-refractivity contribution in [1.29, 1.82) is 0 Å². The van der Waals surface area contributed by atoms with E-state index in [-0.39, 0.29) is 23.8 Å². The van der Waals surface area contributed by atoms with Gasteiger partial charge in [-0.05, 0) is 61.6 Å². The number of aromatic amines is 2. The first-order valence-corrected chi connectivity index (χ1v) is 19.8. The minimum atomic E-state index is -0.698. The summed E-state index contributed by atoms with van der Waals surface area (Å²) in [5.41, 5.74) is 6.74. The number of H-pyrrole nitrogens is 2. The number of imidazole rings is 2. The molecule has 2 bridgehead atoms. The number of rotatable bonds is 5. The van der Waals surface area contributed by atoms with Crippen molar-refractivity contribution in [3.05, 3.63) is 72.1 Å². The van der Waals surface area contributed by atoms with Crippen LogP contribution in [0.3, 0.4) is 0 Å². The van der Waals surface area contributed by atoms with Crippen LogP contribution in [-0.2, 0) is 30.4 Å². The summed E-state index contributed by atoms with van der Waals surface area (Å²) in [5.74, 6) is 1.41. The Bertz CT molecular complexity index is 1910. The van der Waals surface area contributed by atoms with Crippen LogP contribution in [0.2, 0.25) is 0 Å². The summed E-state index contributed by atoms with van der Waals surface area (Å²) in [6, 6.07) is 15.5. The van der Waals surface area contributed by atoms with Crippen LogP contribution in [-0.4, -0.2) is 82.3 Å². The van der Waals surface area contributed by atoms with Gasteiger partial charge < -0.3 is 39.7 Å². The lowest BCUT2D eigenvalue weighted by atomic mass is 10.0. The van der Waals surface area contributed by atoms with E-state index in [0.717, 1.165) is 103 Å². The minimum Gasteiger partial charge on any atom is -0.453 e. The topological polar surface area (TPSA) is 164 Å². The Hall–Kier alpha value is -5.01. The van der Waals surface area contributed by atoms with Crippen LogP contribution in [0.4, 0.5) is 4.79 Å². The van der Waals surface area contributed by atoms with Gasteiger partial charge in [0.1, 0.15) is 17.7 Å². The Morgan fingerprint density at radius 3 is 2.29 bits per heavy atom. The molecule has 13 heteroatoms. The molecule has 0 spiro atoms. The highest BCUT2D eigenvalue weighted by molar-refractivity contribution is 5.86. The van der Waals surface area contributed by atoms with E-state index in [1.54, 1.807) is 6.20 Å². The number of alkyl carbamates (subject to hydrolysis) is 1. The van der Waals surface area contributed by atoms with Crippen LogP contribution in [0.25, 0.3) is 33.6 Å². The van der Waals surface area contributed by atoms with E-state index < -0.39 is 18.2 Å². The number of carbonyl (C=O) groups is 3. The van der Waals surface area contributed by atoms with E-state index in [1.807, 2.05) is 11.8 Å². The van der Waals surface area contributed by atoms with Gasteiger partial charge in [0.2, 0.25) is 11.8 Å². The Morgan fingerprint density at radius 1 is 0.800 bits per heavy atom. The van der Waals surface area contributed by atoms with Crippen LogP contribution in [0.15, 0.2) is 54.7 Å². The second-order valence-electron chi connectivity index (χ2n) is 14.9. The lowest BCUT2D eigenvalue weighted by Gasteiger charge is -2.26. The Labute approximate surface area is 322 Å².